The van der Waals surface area contributed by atoms with Gasteiger partial charge in [0.25, 0.3) is 11.6 Å². The van der Waals surface area contributed by atoms with Crippen molar-refractivity contribution < 1.29 is 9.72 Å². The van der Waals surface area contributed by atoms with Crippen LogP contribution in [0.5, 0.6) is 0 Å². The molecule has 3 rings (SSSR count). The maximum atomic E-state index is 12.9. The summed E-state index contributed by atoms with van der Waals surface area (Å²) in [6.07, 6.45) is 3.66. The van der Waals surface area contributed by atoms with Crippen LogP contribution in [-0.2, 0) is 4.79 Å². The molecule has 132 valence electrons. The van der Waals surface area contributed by atoms with Gasteiger partial charge in [-0.15, -0.1) is 0 Å². The van der Waals surface area contributed by atoms with E-state index in [0.717, 1.165) is 16.8 Å². The molecule has 0 radical (unpaired) electrons. The molecule has 0 saturated carbocycles. The first-order chi connectivity index (χ1) is 12.5. The Hall–Kier alpha value is -3.21. The molecule has 0 aliphatic carbocycles. The number of carbonyl (C=O) groups is 1. The minimum atomic E-state index is -0.435. The molecule has 1 aliphatic rings. The molecule has 2 aromatic carbocycles. The number of rotatable bonds is 5. The summed E-state index contributed by atoms with van der Waals surface area (Å²) in [6.45, 7) is 4.79. The molecule has 0 fully saturated rings. The van der Waals surface area contributed by atoms with Crippen LogP contribution >= 0.6 is 0 Å². The highest BCUT2D eigenvalue weighted by molar-refractivity contribution is 6.10. The van der Waals surface area contributed by atoms with Crippen LogP contribution in [0.1, 0.15) is 25.0 Å². The van der Waals surface area contributed by atoms with Crippen LogP contribution in [0, 0.1) is 16.0 Å². The van der Waals surface area contributed by atoms with Gasteiger partial charge >= 0.3 is 0 Å². The Bertz CT molecular complexity index is 881. The van der Waals surface area contributed by atoms with Gasteiger partial charge in [-0.25, -0.2) is 0 Å². The maximum absolute atomic E-state index is 12.9. The number of hydrogen-bond acceptors (Lipinski definition) is 3. The van der Waals surface area contributed by atoms with Gasteiger partial charge in [-0.3, -0.25) is 14.9 Å². The molecule has 0 atom stereocenters. The van der Waals surface area contributed by atoms with Gasteiger partial charge in [-0.1, -0.05) is 44.2 Å². The van der Waals surface area contributed by atoms with E-state index in [9.17, 15) is 14.9 Å². The van der Waals surface area contributed by atoms with Crippen molar-refractivity contribution in [2.45, 2.75) is 13.8 Å². The van der Waals surface area contributed by atoms with Gasteiger partial charge in [0.1, 0.15) is 0 Å². The molecular weight excluding hydrogens is 328 g/mol. The van der Waals surface area contributed by atoms with Gasteiger partial charge in [-0.2, -0.15) is 0 Å². The molecular formula is C21H20N2O3. The average Bonchev–Trinajstić information content (AvgIpc) is 2.92. The van der Waals surface area contributed by atoms with E-state index in [1.807, 2.05) is 36.4 Å². The summed E-state index contributed by atoms with van der Waals surface area (Å²) < 4.78 is 0. The smallest absolute Gasteiger partial charge is 0.269 e. The summed E-state index contributed by atoms with van der Waals surface area (Å²) >= 11 is 0. The molecule has 5 heteroatoms. The van der Waals surface area contributed by atoms with E-state index in [4.69, 9.17) is 0 Å². The van der Waals surface area contributed by atoms with Gasteiger partial charge in [0.05, 0.1) is 10.6 Å². The second kappa shape index (κ2) is 7.35. The second-order valence-electron chi connectivity index (χ2n) is 6.65. The molecule has 26 heavy (non-hydrogen) atoms. The van der Waals surface area contributed by atoms with Crippen LogP contribution in [0.25, 0.3) is 11.8 Å². The Kier molecular flexibility index (Phi) is 4.98. The summed E-state index contributed by atoms with van der Waals surface area (Å²) in [5, 5.41) is 10.8. The fourth-order valence-electron chi connectivity index (χ4n) is 2.92. The Morgan fingerprint density at radius 3 is 2.31 bits per heavy atom. The number of nitro benzene ring substituents is 1. The lowest BCUT2D eigenvalue weighted by molar-refractivity contribution is -0.384. The molecule has 0 N–H and O–H groups in total. The lowest BCUT2D eigenvalue weighted by Gasteiger charge is -2.22. The Balaban J connectivity index is 1.97. The van der Waals surface area contributed by atoms with Gasteiger partial charge in [0.2, 0.25) is 0 Å². The predicted octanol–water partition coefficient (Wildman–Crippen LogP) is 4.52. The van der Waals surface area contributed by atoms with Crippen LogP contribution in [-0.4, -0.2) is 22.3 Å². The second-order valence-corrected chi connectivity index (χ2v) is 6.65. The highest BCUT2D eigenvalue weighted by atomic mass is 16.6. The highest BCUT2D eigenvalue weighted by Gasteiger charge is 2.29. The van der Waals surface area contributed by atoms with Crippen LogP contribution in [0.15, 0.2) is 66.2 Å². The van der Waals surface area contributed by atoms with E-state index in [1.165, 1.54) is 12.1 Å². The first-order valence-corrected chi connectivity index (χ1v) is 8.51. The summed E-state index contributed by atoms with van der Waals surface area (Å²) in [6, 6.07) is 16.0. The lowest BCUT2D eigenvalue weighted by Crippen LogP contribution is -2.29. The van der Waals surface area contributed by atoms with E-state index in [2.05, 4.69) is 13.8 Å². The molecule has 5 nitrogen and oxygen atoms in total. The van der Waals surface area contributed by atoms with Gasteiger partial charge < -0.3 is 4.90 Å². The molecule has 2 aromatic rings. The molecule has 1 aliphatic heterocycles. The zero-order chi connectivity index (χ0) is 18.7. The number of amides is 1. The molecule has 0 saturated heterocycles. The van der Waals surface area contributed by atoms with Crippen molar-refractivity contribution in [3.05, 3.63) is 87.5 Å². The molecule has 0 spiro atoms. The summed E-state index contributed by atoms with van der Waals surface area (Å²) in [5.41, 5.74) is 3.25. The summed E-state index contributed by atoms with van der Waals surface area (Å²) in [7, 11) is 0. The first kappa shape index (κ1) is 17.6. The van der Waals surface area contributed by atoms with E-state index in [-0.39, 0.29) is 11.6 Å². The van der Waals surface area contributed by atoms with E-state index in [0.29, 0.717) is 18.0 Å². The van der Waals surface area contributed by atoms with Crippen LogP contribution < -0.4 is 0 Å². The van der Waals surface area contributed by atoms with E-state index >= 15 is 0 Å². The molecule has 0 aromatic heterocycles. The summed E-state index contributed by atoms with van der Waals surface area (Å²) in [4.78, 5) is 25.0. The van der Waals surface area contributed by atoms with Crippen molar-refractivity contribution in [2.24, 2.45) is 5.92 Å². The van der Waals surface area contributed by atoms with Crippen molar-refractivity contribution in [2.75, 3.05) is 6.54 Å². The molecule has 1 heterocycles. The fourth-order valence-corrected chi connectivity index (χ4v) is 2.92. The van der Waals surface area contributed by atoms with Crippen molar-refractivity contribution in [3.63, 3.8) is 0 Å². The van der Waals surface area contributed by atoms with Crippen LogP contribution in [0.4, 0.5) is 5.69 Å². The molecule has 1 amide bonds. The van der Waals surface area contributed by atoms with Crippen LogP contribution in [0.3, 0.4) is 0 Å². The fraction of sp³-hybridized carbons (Fsp3) is 0.190. The van der Waals surface area contributed by atoms with Crippen molar-refractivity contribution in [3.8, 4) is 0 Å². The average molecular weight is 348 g/mol. The molecule has 0 bridgehead atoms. The minimum Gasteiger partial charge on any atom is -0.307 e. The lowest BCUT2D eigenvalue weighted by atomic mass is 10.1. The van der Waals surface area contributed by atoms with Gasteiger partial charge in [0, 0.05) is 24.3 Å². The number of nitrogens with zero attached hydrogens (tertiary/aromatic N) is 2. The normalized spacial score (nSPS) is 15.7. The number of benzene rings is 2. The predicted molar refractivity (Wildman–Crippen MR) is 102 cm³/mol. The van der Waals surface area contributed by atoms with Crippen molar-refractivity contribution in [1.82, 2.24) is 4.90 Å². The summed E-state index contributed by atoms with van der Waals surface area (Å²) in [5.74, 6) is 0.292. The number of non-ortho nitro benzene ring substituents is 1. The van der Waals surface area contributed by atoms with Crippen molar-refractivity contribution in [1.29, 1.82) is 0 Å². The van der Waals surface area contributed by atoms with Crippen LogP contribution in [0.2, 0.25) is 0 Å². The largest absolute Gasteiger partial charge is 0.307 e. The Morgan fingerprint density at radius 1 is 1.08 bits per heavy atom. The van der Waals surface area contributed by atoms with E-state index in [1.54, 1.807) is 23.1 Å². The zero-order valence-electron chi connectivity index (χ0n) is 14.8. The monoisotopic (exact) mass is 348 g/mol. The maximum Gasteiger partial charge on any atom is 0.269 e. The molecule has 0 unspecified atom stereocenters. The van der Waals surface area contributed by atoms with E-state index < -0.39 is 4.92 Å². The van der Waals surface area contributed by atoms with Crippen molar-refractivity contribution >= 4 is 23.4 Å². The third-order valence-corrected chi connectivity index (χ3v) is 4.12. The SMILES string of the molecule is CC(C)CN1C(=O)/C(=C/c2ccc([N+](=O)[O-])cc2)C=C1c1ccccc1. The highest BCUT2D eigenvalue weighted by Crippen LogP contribution is 2.31. The zero-order valence-corrected chi connectivity index (χ0v) is 14.8. The quantitative estimate of drug-likeness (QED) is 0.453. The third-order valence-electron chi connectivity index (χ3n) is 4.12. The third kappa shape index (κ3) is 3.72. The van der Waals surface area contributed by atoms with Gasteiger partial charge in [-0.05, 0) is 41.3 Å². The Morgan fingerprint density at radius 2 is 1.73 bits per heavy atom. The number of carbonyl (C=O) groups excluding carboxylic acids is 1. The van der Waals surface area contributed by atoms with Gasteiger partial charge in [0.15, 0.2) is 0 Å². The standard InChI is InChI=1S/C21H20N2O3/c1-15(2)14-22-20(17-6-4-3-5-7-17)13-18(21(22)24)12-16-8-10-19(11-9-16)23(25)26/h3-13,15H,14H2,1-2H3/b18-12+. The number of nitro groups is 1. The minimum absolute atomic E-state index is 0.0341. The Labute approximate surface area is 152 Å². The number of hydrogen-bond donors (Lipinski definition) is 0. The topological polar surface area (TPSA) is 63.5 Å². The first-order valence-electron chi connectivity index (χ1n) is 8.51.